The van der Waals surface area contributed by atoms with Crippen LogP contribution in [-0.2, 0) is 11.2 Å². The van der Waals surface area contributed by atoms with Crippen LogP contribution >= 0.6 is 0 Å². The Morgan fingerprint density at radius 1 is 1.47 bits per heavy atom. The van der Waals surface area contributed by atoms with Crippen molar-refractivity contribution in [3.05, 3.63) is 35.4 Å². The largest absolute Gasteiger partial charge is 0.377 e. The van der Waals surface area contributed by atoms with E-state index in [-0.39, 0.29) is 12.1 Å². The van der Waals surface area contributed by atoms with E-state index in [9.17, 15) is 8.78 Å². The minimum Gasteiger partial charge on any atom is -0.377 e. The monoisotopic (exact) mass is 241 g/mol. The highest BCUT2D eigenvalue weighted by Crippen LogP contribution is 2.20. The summed E-state index contributed by atoms with van der Waals surface area (Å²) in [4.78, 5) is 0. The number of benzene rings is 1. The molecule has 1 heterocycles. The first-order valence-electron chi connectivity index (χ1n) is 5.94. The molecule has 94 valence electrons. The van der Waals surface area contributed by atoms with Gasteiger partial charge in [-0.05, 0) is 37.9 Å². The van der Waals surface area contributed by atoms with Crippen LogP contribution in [0.15, 0.2) is 18.2 Å². The fourth-order valence-corrected chi connectivity index (χ4v) is 2.28. The average molecular weight is 241 g/mol. The van der Waals surface area contributed by atoms with Crippen molar-refractivity contribution >= 4 is 0 Å². The second-order valence-electron chi connectivity index (χ2n) is 4.36. The topological polar surface area (TPSA) is 21.3 Å². The highest BCUT2D eigenvalue weighted by Gasteiger charge is 2.25. The molecule has 0 spiro atoms. The molecule has 1 fully saturated rings. The molecular weight excluding hydrogens is 224 g/mol. The summed E-state index contributed by atoms with van der Waals surface area (Å²) in [6.45, 7) is 0.758. The zero-order valence-corrected chi connectivity index (χ0v) is 9.88. The Kier molecular flexibility index (Phi) is 4.07. The van der Waals surface area contributed by atoms with Crippen molar-refractivity contribution in [3.8, 4) is 0 Å². The van der Waals surface area contributed by atoms with E-state index in [0.717, 1.165) is 25.5 Å². The lowest BCUT2D eigenvalue weighted by Gasteiger charge is -2.22. The Morgan fingerprint density at radius 3 is 2.94 bits per heavy atom. The molecule has 1 aliphatic heterocycles. The molecular formula is C13H17F2NO. The Bertz CT molecular complexity index is 378. The number of likely N-dealkylation sites (N-methyl/N-ethyl adjacent to an activating group) is 1. The molecule has 0 bridgehead atoms. The molecule has 1 aromatic rings. The SMILES string of the molecule is CNC(Cc1cccc(F)c1F)C1CCCO1. The zero-order valence-electron chi connectivity index (χ0n) is 9.88. The summed E-state index contributed by atoms with van der Waals surface area (Å²) < 4.78 is 32.2. The Balaban J connectivity index is 2.09. The first kappa shape index (κ1) is 12.5. The van der Waals surface area contributed by atoms with E-state index < -0.39 is 11.6 Å². The number of hydrogen-bond acceptors (Lipinski definition) is 2. The summed E-state index contributed by atoms with van der Waals surface area (Å²) in [5.74, 6) is -1.53. The van der Waals surface area contributed by atoms with Crippen LogP contribution in [0, 0.1) is 11.6 Å². The maximum Gasteiger partial charge on any atom is 0.162 e. The lowest BCUT2D eigenvalue weighted by Crippen LogP contribution is -2.39. The predicted molar refractivity (Wildman–Crippen MR) is 61.9 cm³/mol. The van der Waals surface area contributed by atoms with Gasteiger partial charge in [-0.15, -0.1) is 0 Å². The molecule has 0 amide bonds. The summed E-state index contributed by atoms with van der Waals surface area (Å²) in [7, 11) is 1.82. The highest BCUT2D eigenvalue weighted by molar-refractivity contribution is 5.20. The van der Waals surface area contributed by atoms with Crippen LogP contribution in [0.4, 0.5) is 8.78 Å². The molecule has 1 N–H and O–H groups in total. The number of rotatable bonds is 4. The normalized spacial score (nSPS) is 21.7. The molecule has 0 radical (unpaired) electrons. The van der Waals surface area contributed by atoms with Gasteiger partial charge < -0.3 is 10.1 Å². The van der Waals surface area contributed by atoms with E-state index in [1.165, 1.54) is 6.07 Å². The number of hydrogen-bond donors (Lipinski definition) is 1. The van der Waals surface area contributed by atoms with Gasteiger partial charge in [0.25, 0.3) is 0 Å². The van der Waals surface area contributed by atoms with Gasteiger partial charge in [-0.25, -0.2) is 8.78 Å². The zero-order chi connectivity index (χ0) is 12.3. The number of ether oxygens (including phenoxy) is 1. The lowest BCUT2D eigenvalue weighted by atomic mass is 9.99. The first-order chi connectivity index (χ1) is 8.22. The third-order valence-electron chi connectivity index (χ3n) is 3.26. The number of halogens is 2. The standard InChI is InChI=1S/C13H17F2NO/c1-16-11(12-6-3-7-17-12)8-9-4-2-5-10(14)13(9)15/h2,4-5,11-12,16H,3,6-8H2,1H3. The van der Waals surface area contributed by atoms with Crippen LogP contribution in [0.5, 0.6) is 0 Å². The van der Waals surface area contributed by atoms with Gasteiger partial charge >= 0.3 is 0 Å². The van der Waals surface area contributed by atoms with Crippen LogP contribution in [0.3, 0.4) is 0 Å². The Hall–Kier alpha value is -1.00. The molecule has 2 atom stereocenters. The van der Waals surface area contributed by atoms with Crippen molar-refractivity contribution in [2.24, 2.45) is 0 Å². The van der Waals surface area contributed by atoms with Crippen LogP contribution < -0.4 is 5.32 Å². The fraction of sp³-hybridized carbons (Fsp3) is 0.538. The molecule has 2 nitrogen and oxygen atoms in total. The summed E-state index contributed by atoms with van der Waals surface area (Å²) >= 11 is 0. The van der Waals surface area contributed by atoms with Crippen molar-refractivity contribution in [2.45, 2.75) is 31.4 Å². The van der Waals surface area contributed by atoms with E-state index in [2.05, 4.69) is 5.32 Å². The van der Waals surface area contributed by atoms with Gasteiger partial charge in [0.1, 0.15) is 0 Å². The maximum atomic E-state index is 13.5. The predicted octanol–water partition coefficient (Wildman–Crippen LogP) is 2.27. The summed E-state index contributed by atoms with van der Waals surface area (Å²) in [6.07, 6.45) is 2.56. The molecule has 0 aromatic heterocycles. The fourth-order valence-electron chi connectivity index (χ4n) is 2.28. The lowest BCUT2D eigenvalue weighted by molar-refractivity contribution is 0.0805. The van der Waals surface area contributed by atoms with E-state index in [1.54, 1.807) is 6.07 Å². The van der Waals surface area contributed by atoms with Gasteiger partial charge in [-0.1, -0.05) is 12.1 Å². The van der Waals surface area contributed by atoms with Gasteiger partial charge in [-0.2, -0.15) is 0 Å². The number of nitrogens with one attached hydrogen (secondary N) is 1. The van der Waals surface area contributed by atoms with Crippen LogP contribution in [0.25, 0.3) is 0 Å². The smallest absolute Gasteiger partial charge is 0.162 e. The molecule has 2 unspecified atom stereocenters. The van der Waals surface area contributed by atoms with E-state index >= 15 is 0 Å². The molecule has 1 saturated heterocycles. The van der Waals surface area contributed by atoms with Gasteiger partial charge in [0.2, 0.25) is 0 Å². The van der Waals surface area contributed by atoms with E-state index in [1.807, 2.05) is 7.05 Å². The van der Waals surface area contributed by atoms with Crippen molar-refractivity contribution in [1.82, 2.24) is 5.32 Å². The molecule has 17 heavy (non-hydrogen) atoms. The summed E-state index contributed by atoms with van der Waals surface area (Å²) in [5.41, 5.74) is 0.403. The minimum atomic E-state index is -0.787. The van der Waals surface area contributed by atoms with Gasteiger partial charge in [0.15, 0.2) is 11.6 Å². The second-order valence-corrected chi connectivity index (χ2v) is 4.36. The maximum absolute atomic E-state index is 13.5. The van der Waals surface area contributed by atoms with Crippen molar-refractivity contribution in [1.29, 1.82) is 0 Å². The van der Waals surface area contributed by atoms with Crippen LogP contribution in [0.1, 0.15) is 18.4 Å². The van der Waals surface area contributed by atoms with Gasteiger partial charge in [-0.3, -0.25) is 0 Å². The van der Waals surface area contributed by atoms with E-state index in [0.29, 0.717) is 12.0 Å². The van der Waals surface area contributed by atoms with Crippen molar-refractivity contribution < 1.29 is 13.5 Å². The van der Waals surface area contributed by atoms with Crippen molar-refractivity contribution in [2.75, 3.05) is 13.7 Å². The van der Waals surface area contributed by atoms with Crippen molar-refractivity contribution in [3.63, 3.8) is 0 Å². The molecule has 4 heteroatoms. The molecule has 1 aromatic carbocycles. The Labute approximate surface area is 100.0 Å². The van der Waals surface area contributed by atoms with Crippen LogP contribution in [-0.4, -0.2) is 25.8 Å². The van der Waals surface area contributed by atoms with Gasteiger partial charge in [0, 0.05) is 12.6 Å². The molecule has 2 rings (SSSR count). The first-order valence-corrected chi connectivity index (χ1v) is 5.94. The van der Waals surface area contributed by atoms with E-state index in [4.69, 9.17) is 4.74 Å². The Morgan fingerprint density at radius 2 is 2.29 bits per heavy atom. The highest BCUT2D eigenvalue weighted by atomic mass is 19.2. The third kappa shape index (κ3) is 2.82. The quantitative estimate of drug-likeness (QED) is 0.873. The molecule has 1 aliphatic rings. The molecule has 0 aliphatic carbocycles. The third-order valence-corrected chi connectivity index (χ3v) is 3.26. The van der Waals surface area contributed by atoms with Crippen LogP contribution in [0.2, 0.25) is 0 Å². The minimum absolute atomic E-state index is 0.0359. The average Bonchev–Trinajstić information content (AvgIpc) is 2.85. The second kappa shape index (κ2) is 5.56. The molecule has 0 saturated carbocycles. The summed E-state index contributed by atoms with van der Waals surface area (Å²) in [5, 5.41) is 3.13. The summed E-state index contributed by atoms with van der Waals surface area (Å²) in [6, 6.07) is 4.33. The van der Waals surface area contributed by atoms with Gasteiger partial charge in [0.05, 0.1) is 6.10 Å².